The molecule has 82 valence electrons. The summed E-state index contributed by atoms with van der Waals surface area (Å²) in [5.74, 6) is 1.05. The van der Waals surface area contributed by atoms with Gasteiger partial charge in [0.2, 0.25) is 0 Å². The minimum atomic E-state index is 0.595. The molecular formula is C10H16N4S. The van der Waals surface area contributed by atoms with E-state index in [0.717, 1.165) is 23.9 Å². The van der Waals surface area contributed by atoms with Crippen LogP contribution in [0.3, 0.4) is 0 Å². The van der Waals surface area contributed by atoms with Gasteiger partial charge in [0.15, 0.2) is 0 Å². The highest BCUT2D eigenvalue weighted by Crippen LogP contribution is 2.21. The van der Waals surface area contributed by atoms with Crippen molar-refractivity contribution in [3.8, 4) is 0 Å². The first-order valence-corrected chi connectivity index (χ1v) is 6.34. The van der Waals surface area contributed by atoms with Crippen LogP contribution in [0.5, 0.6) is 0 Å². The molecule has 1 fully saturated rings. The number of nitrogens with zero attached hydrogens (tertiary/aromatic N) is 3. The lowest BCUT2D eigenvalue weighted by Gasteiger charge is -2.17. The van der Waals surface area contributed by atoms with Crippen molar-refractivity contribution in [2.45, 2.75) is 17.5 Å². The number of likely N-dealkylation sites (N-methyl/N-ethyl adjacent to an activating group) is 1. The quantitative estimate of drug-likeness (QED) is 0.612. The fourth-order valence-corrected chi connectivity index (χ4v) is 2.19. The van der Waals surface area contributed by atoms with E-state index >= 15 is 0 Å². The van der Waals surface area contributed by atoms with Crippen molar-refractivity contribution in [1.82, 2.24) is 15.3 Å². The molecule has 5 heteroatoms. The maximum Gasteiger partial charge on any atom is 0.133 e. The van der Waals surface area contributed by atoms with Crippen LogP contribution in [0.15, 0.2) is 17.4 Å². The standard InChI is InChI=1S/C10H16N4S/c1-11-8-3-4-14(6-8)9-5-10(15-2)13-7-12-9/h5,7-8,11H,3-4,6H2,1-2H3. The normalized spacial score (nSPS) is 20.9. The molecule has 0 aliphatic carbocycles. The smallest absolute Gasteiger partial charge is 0.133 e. The van der Waals surface area contributed by atoms with Crippen molar-refractivity contribution < 1.29 is 0 Å². The number of aromatic nitrogens is 2. The SMILES string of the molecule is CNC1CCN(c2cc(SC)ncn2)C1. The van der Waals surface area contributed by atoms with Gasteiger partial charge >= 0.3 is 0 Å². The molecule has 0 bridgehead atoms. The summed E-state index contributed by atoms with van der Waals surface area (Å²) in [4.78, 5) is 10.8. The van der Waals surface area contributed by atoms with E-state index in [1.165, 1.54) is 6.42 Å². The molecular weight excluding hydrogens is 208 g/mol. The van der Waals surface area contributed by atoms with Gasteiger partial charge in [0.25, 0.3) is 0 Å². The van der Waals surface area contributed by atoms with Crippen LogP contribution in [0.25, 0.3) is 0 Å². The van der Waals surface area contributed by atoms with Gasteiger partial charge in [0.05, 0.1) is 0 Å². The minimum Gasteiger partial charge on any atom is -0.355 e. The average Bonchev–Trinajstić information content (AvgIpc) is 2.78. The maximum atomic E-state index is 4.31. The fourth-order valence-electron chi connectivity index (χ4n) is 1.82. The molecule has 4 nitrogen and oxygen atoms in total. The van der Waals surface area contributed by atoms with Gasteiger partial charge in [-0.1, -0.05) is 0 Å². The Bertz CT molecular complexity index is 331. The van der Waals surface area contributed by atoms with Crippen LogP contribution in [-0.4, -0.2) is 42.4 Å². The van der Waals surface area contributed by atoms with Crippen molar-refractivity contribution >= 4 is 17.6 Å². The molecule has 2 heterocycles. The number of hydrogen-bond donors (Lipinski definition) is 1. The summed E-state index contributed by atoms with van der Waals surface area (Å²) >= 11 is 1.65. The number of hydrogen-bond acceptors (Lipinski definition) is 5. The Hall–Kier alpha value is -0.810. The molecule has 1 aliphatic heterocycles. The molecule has 1 unspecified atom stereocenters. The molecule has 0 saturated carbocycles. The monoisotopic (exact) mass is 224 g/mol. The first-order valence-electron chi connectivity index (χ1n) is 5.11. The third-order valence-electron chi connectivity index (χ3n) is 2.76. The van der Waals surface area contributed by atoms with Crippen LogP contribution in [0.4, 0.5) is 5.82 Å². The molecule has 1 aromatic rings. The summed E-state index contributed by atoms with van der Waals surface area (Å²) in [6, 6.07) is 2.65. The predicted molar refractivity (Wildman–Crippen MR) is 63.5 cm³/mol. The topological polar surface area (TPSA) is 41.0 Å². The van der Waals surface area contributed by atoms with E-state index < -0.39 is 0 Å². The van der Waals surface area contributed by atoms with Crippen molar-refractivity contribution in [3.05, 3.63) is 12.4 Å². The molecule has 2 rings (SSSR count). The van der Waals surface area contributed by atoms with Crippen molar-refractivity contribution in [3.63, 3.8) is 0 Å². The van der Waals surface area contributed by atoms with Gasteiger partial charge in [-0.3, -0.25) is 0 Å². The number of thioether (sulfide) groups is 1. The molecule has 0 aromatic carbocycles. The first kappa shape index (κ1) is 10.7. The largest absolute Gasteiger partial charge is 0.355 e. The van der Waals surface area contributed by atoms with E-state index in [1.807, 2.05) is 13.3 Å². The second kappa shape index (κ2) is 4.81. The Morgan fingerprint density at radius 3 is 3.07 bits per heavy atom. The summed E-state index contributed by atoms with van der Waals surface area (Å²) in [6.07, 6.45) is 4.87. The fraction of sp³-hybridized carbons (Fsp3) is 0.600. The van der Waals surface area contributed by atoms with Crippen molar-refractivity contribution in [2.24, 2.45) is 0 Å². The second-order valence-corrected chi connectivity index (χ2v) is 4.47. The van der Waals surface area contributed by atoms with Crippen molar-refractivity contribution in [2.75, 3.05) is 31.3 Å². The minimum absolute atomic E-state index is 0.595. The summed E-state index contributed by atoms with van der Waals surface area (Å²) in [7, 11) is 2.02. The van der Waals surface area contributed by atoms with Gasteiger partial charge in [-0.2, -0.15) is 0 Å². The van der Waals surface area contributed by atoms with E-state index in [9.17, 15) is 0 Å². The second-order valence-electron chi connectivity index (χ2n) is 3.64. The van der Waals surface area contributed by atoms with Crippen LogP contribution in [0, 0.1) is 0 Å². The van der Waals surface area contributed by atoms with Gasteiger partial charge in [-0.25, -0.2) is 9.97 Å². The molecule has 1 aromatic heterocycles. The van der Waals surface area contributed by atoms with Crippen LogP contribution < -0.4 is 10.2 Å². The van der Waals surface area contributed by atoms with Gasteiger partial charge in [0, 0.05) is 25.2 Å². The lowest BCUT2D eigenvalue weighted by Crippen LogP contribution is -2.29. The van der Waals surface area contributed by atoms with Crippen LogP contribution in [0.1, 0.15) is 6.42 Å². The van der Waals surface area contributed by atoms with E-state index in [1.54, 1.807) is 18.1 Å². The van der Waals surface area contributed by atoms with Crippen LogP contribution in [-0.2, 0) is 0 Å². The number of anilines is 1. The van der Waals surface area contributed by atoms with Crippen LogP contribution >= 0.6 is 11.8 Å². The van der Waals surface area contributed by atoms with E-state index in [2.05, 4.69) is 26.3 Å². The van der Waals surface area contributed by atoms with E-state index in [0.29, 0.717) is 6.04 Å². The summed E-state index contributed by atoms with van der Waals surface area (Å²) in [6.45, 7) is 2.12. The van der Waals surface area contributed by atoms with E-state index in [4.69, 9.17) is 0 Å². The molecule has 15 heavy (non-hydrogen) atoms. The molecule has 0 radical (unpaired) electrons. The van der Waals surface area contributed by atoms with Gasteiger partial charge < -0.3 is 10.2 Å². The number of nitrogens with one attached hydrogen (secondary N) is 1. The summed E-state index contributed by atoms with van der Waals surface area (Å²) in [5, 5.41) is 4.34. The zero-order valence-corrected chi connectivity index (χ0v) is 9.92. The molecule has 0 spiro atoms. The number of rotatable bonds is 3. The van der Waals surface area contributed by atoms with Crippen molar-refractivity contribution in [1.29, 1.82) is 0 Å². The lowest BCUT2D eigenvalue weighted by molar-refractivity contribution is 0.616. The zero-order chi connectivity index (χ0) is 10.7. The van der Waals surface area contributed by atoms with Crippen LogP contribution in [0.2, 0.25) is 0 Å². The van der Waals surface area contributed by atoms with E-state index in [-0.39, 0.29) is 0 Å². The summed E-state index contributed by atoms with van der Waals surface area (Å²) in [5.41, 5.74) is 0. The van der Waals surface area contributed by atoms with Gasteiger partial charge in [-0.15, -0.1) is 11.8 Å². The molecule has 1 N–H and O–H groups in total. The Balaban J connectivity index is 2.09. The molecule has 1 aliphatic rings. The Morgan fingerprint density at radius 2 is 2.40 bits per heavy atom. The third kappa shape index (κ3) is 2.41. The summed E-state index contributed by atoms with van der Waals surface area (Å²) < 4.78 is 0. The molecule has 1 saturated heterocycles. The third-order valence-corrected chi connectivity index (χ3v) is 3.40. The van der Waals surface area contributed by atoms with Gasteiger partial charge in [-0.05, 0) is 19.7 Å². The Morgan fingerprint density at radius 1 is 1.53 bits per heavy atom. The lowest BCUT2D eigenvalue weighted by atomic mass is 10.3. The first-order chi connectivity index (χ1) is 7.33. The highest BCUT2D eigenvalue weighted by molar-refractivity contribution is 7.98. The average molecular weight is 224 g/mol. The maximum absolute atomic E-state index is 4.31. The zero-order valence-electron chi connectivity index (χ0n) is 9.10. The van der Waals surface area contributed by atoms with Gasteiger partial charge in [0.1, 0.15) is 17.2 Å². The molecule has 1 atom stereocenters. The Kier molecular flexibility index (Phi) is 3.43. The molecule has 0 amide bonds. The predicted octanol–water partition coefficient (Wildman–Crippen LogP) is 0.997. The Labute approximate surface area is 94.5 Å². The highest BCUT2D eigenvalue weighted by atomic mass is 32.2. The highest BCUT2D eigenvalue weighted by Gasteiger charge is 2.21.